The van der Waals surface area contributed by atoms with Crippen molar-refractivity contribution in [3.63, 3.8) is 0 Å². The quantitative estimate of drug-likeness (QED) is 0.595. The van der Waals surface area contributed by atoms with Crippen LogP contribution in [0, 0.1) is 0 Å². The van der Waals surface area contributed by atoms with Crippen molar-refractivity contribution in [3.8, 4) is 0 Å². The van der Waals surface area contributed by atoms with E-state index in [9.17, 15) is 9.59 Å². The maximum absolute atomic E-state index is 11.5. The fraction of sp³-hybridized carbons (Fsp3) is 0.444. The van der Waals surface area contributed by atoms with E-state index in [1.807, 2.05) is 0 Å². The molecule has 0 atom stereocenters. The fourth-order valence-corrected chi connectivity index (χ4v) is 1.53. The second-order valence-corrected chi connectivity index (χ2v) is 3.38. The lowest BCUT2D eigenvalue weighted by Gasteiger charge is -2.24. The van der Waals surface area contributed by atoms with E-state index in [4.69, 9.17) is 0 Å². The Labute approximate surface area is 81.3 Å². The molecule has 0 unspecified atom stereocenters. The van der Waals surface area contributed by atoms with Crippen molar-refractivity contribution in [1.29, 1.82) is 0 Å². The Bertz CT molecular complexity index is 383. The number of hydrogen-bond donors (Lipinski definition) is 0. The molecule has 1 amide bonds. The molecule has 2 heterocycles. The summed E-state index contributed by atoms with van der Waals surface area (Å²) in [6.07, 6.45) is 3.87. The first-order valence-corrected chi connectivity index (χ1v) is 4.47. The molecule has 0 N–H and O–H groups in total. The standard InChI is InChI=1S/C9H11N3O2/c1-11-6-7(5-10-11)12-3-2-8(13)4-9(12)14/h5-6H,2-4H2,1H3. The predicted octanol–water partition coefficient (Wildman–Crippen LogP) is 0.116. The van der Waals surface area contributed by atoms with E-state index in [1.54, 1.807) is 29.0 Å². The second-order valence-electron chi connectivity index (χ2n) is 3.38. The summed E-state index contributed by atoms with van der Waals surface area (Å²) in [4.78, 5) is 24.1. The molecule has 1 saturated heterocycles. The third kappa shape index (κ3) is 1.53. The largest absolute Gasteiger partial charge is 0.309 e. The van der Waals surface area contributed by atoms with Gasteiger partial charge in [0, 0.05) is 26.2 Å². The molecule has 74 valence electrons. The predicted molar refractivity (Wildman–Crippen MR) is 49.8 cm³/mol. The molecule has 0 aromatic carbocycles. The first-order chi connectivity index (χ1) is 6.66. The van der Waals surface area contributed by atoms with Crippen LogP contribution in [0.15, 0.2) is 12.4 Å². The van der Waals surface area contributed by atoms with Crippen LogP contribution in [0.5, 0.6) is 0 Å². The normalized spacial score (nSPS) is 17.6. The number of Topliss-reactive ketones (excluding diaryl/α,β-unsaturated/α-hetero) is 1. The van der Waals surface area contributed by atoms with Gasteiger partial charge in [0.15, 0.2) is 0 Å². The Hall–Kier alpha value is -1.65. The number of hydrogen-bond acceptors (Lipinski definition) is 3. The molecule has 0 saturated carbocycles. The van der Waals surface area contributed by atoms with Gasteiger partial charge < -0.3 is 4.90 Å². The Balaban J connectivity index is 2.19. The highest BCUT2D eigenvalue weighted by molar-refractivity contribution is 6.08. The van der Waals surface area contributed by atoms with Gasteiger partial charge in [-0.1, -0.05) is 0 Å². The maximum atomic E-state index is 11.5. The molecule has 0 radical (unpaired) electrons. The van der Waals surface area contributed by atoms with Gasteiger partial charge in [-0.2, -0.15) is 5.10 Å². The van der Waals surface area contributed by atoms with Gasteiger partial charge in [-0.05, 0) is 0 Å². The van der Waals surface area contributed by atoms with E-state index in [0.717, 1.165) is 5.69 Å². The number of anilines is 1. The summed E-state index contributed by atoms with van der Waals surface area (Å²) < 4.78 is 1.64. The highest BCUT2D eigenvalue weighted by Crippen LogP contribution is 2.17. The van der Waals surface area contributed by atoms with Crippen molar-refractivity contribution in [3.05, 3.63) is 12.4 Å². The average Bonchev–Trinajstić information content (AvgIpc) is 2.51. The van der Waals surface area contributed by atoms with E-state index in [2.05, 4.69) is 5.10 Å². The summed E-state index contributed by atoms with van der Waals surface area (Å²) in [6, 6.07) is 0. The van der Waals surface area contributed by atoms with Crippen molar-refractivity contribution in [2.45, 2.75) is 12.8 Å². The Morgan fingerprint density at radius 2 is 2.21 bits per heavy atom. The van der Waals surface area contributed by atoms with E-state index >= 15 is 0 Å². The molecule has 1 aliphatic rings. The zero-order chi connectivity index (χ0) is 10.1. The Morgan fingerprint density at radius 1 is 1.43 bits per heavy atom. The maximum Gasteiger partial charge on any atom is 0.234 e. The number of aryl methyl sites for hydroxylation is 1. The smallest absolute Gasteiger partial charge is 0.234 e. The van der Waals surface area contributed by atoms with Crippen LogP contribution in [0.4, 0.5) is 5.69 Å². The molecule has 1 fully saturated rings. The fourth-order valence-electron chi connectivity index (χ4n) is 1.53. The molecule has 0 aliphatic carbocycles. The molecular weight excluding hydrogens is 182 g/mol. The Morgan fingerprint density at radius 3 is 2.79 bits per heavy atom. The van der Waals surface area contributed by atoms with Gasteiger partial charge in [0.2, 0.25) is 5.91 Å². The lowest BCUT2D eigenvalue weighted by Crippen LogP contribution is -2.38. The zero-order valence-corrected chi connectivity index (χ0v) is 7.93. The van der Waals surface area contributed by atoms with Crippen molar-refractivity contribution in [2.24, 2.45) is 7.05 Å². The van der Waals surface area contributed by atoms with Gasteiger partial charge in [0.25, 0.3) is 0 Å². The Kier molecular flexibility index (Phi) is 2.07. The summed E-state index contributed by atoms with van der Waals surface area (Å²) in [5, 5.41) is 3.98. The number of carbonyl (C=O) groups is 2. The number of amides is 1. The highest BCUT2D eigenvalue weighted by atomic mass is 16.2. The first-order valence-electron chi connectivity index (χ1n) is 4.47. The van der Waals surface area contributed by atoms with Gasteiger partial charge in [-0.3, -0.25) is 14.3 Å². The third-order valence-corrected chi connectivity index (χ3v) is 2.27. The first kappa shape index (κ1) is 8.93. The average molecular weight is 193 g/mol. The summed E-state index contributed by atoms with van der Waals surface area (Å²) >= 11 is 0. The number of piperidine rings is 1. The minimum Gasteiger partial charge on any atom is -0.309 e. The molecule has 0 bridgehead atoms. The topological polar surface area (TPSA) is 55.2 Å². The number of rotatable bonds is 1. The van der Waals surface area contributed by atoms with Crippen LogP contribution in [0.1, 0.15) is 12.8 Å². The van der Waals surface area contributed by atoms with Gasteiger partial charge in [0.05, 0.1) is 18.3 Å². The van der Waals surface area contributed by atoms with E-state index < -0.39 is 0 Å². The minimum absolute atomic E-state index is 0.0227. The molecule has 2 rings (SSSR count). The van der Waals surface area contributed by atoms with Crippen molar-refractivity contribution < 1.29 is 9.59 Å². The van der Waals surface area contributed by atoms with Crippen LogP contribution in [-0.4, -0.2) is 28.0 Å². The number of carbonyl (C=O) groups excluding carboxylic acids is 2. The summed E-state index contributed by atoms with van der Waals surface area (Å²) in [5.41, 5.74) is 0.769. The molecule has 1 aromatic rings. The van der Waals surface area contributed by atoms with Gasteiger partial charge >= 0.3 is 0 Å². The minimum atomic E-state index is -0.130. The highest BCUT2D eigenvalue weighted by Gasteiger charge is 2.25. The summed E-state index contributed by atoms with van der Waals surface area (Å²) in [6.45, 7) is 0.476. The lowest BCUT2D eigenvalue weighted by atomic mass is 10.1. The molecule has 1 aromatic heterocycles. The number of aromatic nitrogens is 2. The molecular formula is C9H11N3O2. The second kappa shape index (κ2) is 3.25. The number of nitrogens with zero attached hydrogens (tertiary/aromatic N) is 3. The van der Waals surface area contributed by atoms with E-state index in [-0.39, 0.29) is 18.1 Å². The van der Waals surface area contributed by atoms with Crippen LogP contribution in [0.2, 0.25) is 0 Å². The lowest BCUT2D eigenvalue weighted by molar-refractivity contribution is -0.128. The third-order valence-electron chi connectivity index (χ3n) is 2.27. The van der Waals surface area contributed by atoms with Crippen LogP contribution in [0.25, 0.3) is 0 Å². The van der Waals surface area contributed by atoms with Crippen LogP contribution in [0.3, 0.4) is 0 Å². The molecule has 14 heavy (non-hydrogen) atoms. The van der Waals surface area contributed by atoms with Gasteiger partial charge in [-0.15, -0.1) is 0 Å². The molecule has 1 aliphatic heterocycles. The molecule has 0 spiro atoms. The van der Waals surface area contributed by atoms with Gasteiger partial charge in [0.1, 0.15) is 5.78 Å². The SMILES string of the molecule is Cn1cc(N2CCC(=O)CC2=O)cn1. The van der Waals surface area contributed by atoms with Crippen molar-refractivity contribution >= 4 is 17.4 Å². The summed E-state index contributed by atoms with van der Waals surface area (Å²) in [7, 11) is 1.79. The van der Waals surface area contributed by atoms with Crippen LogP contribution < -0.4 is 4.90 Å². The summed E-state index contributed by atoms with van der Waals surface area (Å²) in [5.74, 6) is -0.107. The van der Waals surface area contributed by atoms with Crippen molar-refractivity contribution in [2.75, 3.05) is 11.4 Å². The van der Waals surface area contributed by atoms with E-state index in [0.29, 0.717) is 13.0 Å². The van der Waals surface area contributed by atoms with E-state index in [1.165, 1.54) is 0 Å². The zero-order valence-electron chi connectivity index (χ0n) is 7.93. The molecule has 5 nitrogen and oxygen atoms in total. The monoisotopic (exact) mass is 193 g/mol. The van der Waals surface area contributed by atoms with Gasteiger partial charge in [-0.25, -0.2) is 0 Å². The van der Waals surface area contributed by atoms with Crippen molar-refractivity contribution in [1.82, 2.24) is 9.78 Å². The van der Waals surface area contributed by atoms with Crippen LogP contribution >= 0.6 is 0 Å². The molecule has 5 heteroatoms. The number of ketones is 1. The van der Waals surface area contributed by atoms with Crippen LogP contribution in [-0.2, 0) is 16.6 Å².